The summed E-state index contributed by atoms with van der Waals surface area (Å²) < 4.78 is 0. The van der Waals surface area contributed by atoms with Crippen LogP contribution in [0.2, 0.25) is 10.0 Å². The number of hydrogen-bond donors (Lipinski definition) is 2. The zero-order valence-corrected chi connectivity index (χ0v) is 17.6. The van der Waals surface area contributed by atoms with Crippen molar-refractivity contribution in [3.05, 3.63) is 62.8 Å². The zero-order valence-electron chi connectivity index (χ0n) is 16.1. The third kappa shape index (κ3) is 3.80. The van der Waals surface area contributed by atoms with E-state index in [4.69, 9.17) is 23.2 Å². The second kappa shape index (κ2) is 8.38. The number of aromatic amines is 1. The third-order valence-corrected chi connectivity index (χ3v) is 5.54. The second-order valence-corrected chi connectivity index (χ2v) is 7.68. The zero-order chi connectivity index (χ0) is 20.4. The minimum absolute atomic E-state index is 0.120. The molecule has 146 valence electrons. The SMILES string of the molecule is CCCCC(=O)Nc1ccc2[nH]c(C)c(C)c2c1C(=O)c1c(Cl)cccc1Cl. The van der Waals surface area contributed by atoms with Gasteiger partial charge in [-0.2, -0.15) is 0 Å². The molecule has 0 aliphatic rings. The molecule has 3 rings (SSSR count). The van der Waals surface area contributed by atoms with E-state index in [9.17, 15) is 9.59 Å². The molecule has 0 aliphatic carbocycles. The van der Waals surface area contributed by atoms with E-state index in [1.165, 1.54) is 0 Å². The predicted molar refractivity (Wildman–Crippen MR) is 116 cm³/mol. The fourth-order valence-corrected chi connectivity index (χ4v) is 3.88. The Balaban J connectivity index is 2.21. The predicted octanol–water partition coefficient (Wildman–Crippen LogP) is 6.45. The number of hydrogen-bond acceptors (Lipinski definition) is 2. The third-order valence-electron chi connectivity index (χ3n) is 4.91. The molecule has 2 N–H and O–H groups in total. The average molecular weight is 417 g/mol. The van der Waals surface area contributed by atoms with Crippen LogP contribution in [-0.4, -0.2) is 16.7 Å². The Morgan fingerprint density at radius 1 is 1.04 bits per heavy atom. The Bertz CT molecular complexity index is 1050. The molecule has 4 nitrogen and oxygen atoms in total. The molecule has 0 radical (unpaired) electrons. The number of carbonyl (C=O) groups is 2. The normalized spacial score (nSPS) is 11.0. The highest BCUT2D eigenvalue weighted by Crippen LogP contribution is 2.35. The van der Waals surface area contributed by atoms with Gasteiger partial charge >= 0.3 is 0 Å². The summed E-state index contributed by atoms with van der Waals surface area (Å²) in [5, 5.41) is 4.23. The Hall–Kier alpha value is -2.30. The summed E-state index contributed by atoms with van der Waals surface area (Å²) in [6.07, 6.45) is 2.11. The van der Waals surface area contributed by atoms with Crippen LogP contribution < -0.4 is 5.32 Å². The number of amides is 1. The van der Waals surface area contributed by atoms with Crippen LogP contribution in [0.3, 0.4) is 0 Å². The van der Waals surface area contributed by atoms with Crippen LogP contribution in [0.1, 0.15) is 53.4 Å². The molecule has 1 heterocycles. The maximum Gasteiger partial charge on any atom is 0.224 e. The summed E-state index contributed by atoms with van der Waals surface area (Å²) in [4.78, 5) is 29.2. The van der Waals surface area contributed by atoms with Gasteiger partial charge in [0.2, 0.25) is 5.91 Å². The monoisotopic (exact) mass is 416 g/mol. The van der Waals surface area contributed by atoms with Gasteiger partial charge in [0.1, 0.15) is 0 Å². The molecule has 1 aromatic heterocycles. The lowest BCUT2D eigenvalue weighted by molar-refractivity contribution is -0.116. The van der Waals surface area contributed by atoms with Gasteiger partial charge in [-0.3, -0.25) is 9.59 Å². The highest BCUT2D eigenvalue weighted by Gasteiger charge is 2.25. The van der Waals surface area contributed by atoms with E-state index >= 15 is 0 Å². The number of rotatable bonds is 6. The minimum Gasteiger partial charge on any atom is -0.358 e. The fraction of sp³-hybridized carbons (Fsp3) is 0.273. The van der Waals surface area contributed by atoms with Crippen molar-refractivity contribution in [2.45, 2.75) is 40.0 Å². The van der Waals surface area contributed by atoms with Gasteiger partial charge in [0.05, 0.1) is 26.9 Å². The quantitative estimate of drug-likeness (QED) is 0.453. The average Bonchev–Trinajstić information content (AvgIpc) is 2.94. The molecule has 2 aromatic carbocycles. The van der Waals surface area contributed by atoms with Crippen LogP contribution in [0.5, 0.6) is 0 Å². The van der Waals surface area contributed by atoms with Crippen molar-refractivity contribution in [1.29, 1.82) is 0 Å². The van der Waals surface area contributed by atoms with E-state index in [0.29, 0.717) is 17.7 Å². The lowest BCUT2D eigenvalue weighted by atomic mass is 9.95. The summed E-state index contributed by atoms with van der Waals surface area (Å²) in [6, 6.07) is 8.58. The first-order chi connectivity index (χ1) is 13.3. The number of halogens is 2. The van der Waals surface area contributed by atoms with Crippen LogP contribution >= 0.6 is 23.2 Å². The van der Waals surface area contributed by atoms with E-state index < -0.39 is 0 Å². The maximum absolute atomic E-state index is 13.5. The van der Waals surface area contributed by atoms with Crippen molar-refractivity contribution in [3.8, 4) is 0 Å². The first-order valence-electron chi connectivity index (χ1n) is 9.25. The standard InChI is InChI=1S/C22H22Cl2N2O2/c1-4-5-9-18(27)26-17-11-10-16-19(12(2)13(3)25-16)21(17)22(28)20-14(23)7-6-8-15(20)24/h6-8,10-11,25H,4-5,9H2,1-3H3,(H,26,27). The number of unbranched alkanes of at least 4 members (excludes halogenated alkanes) is 1. The lowest BCUT2D eigenvalue weighted by Gasteiger charge is -2.14. The molecule has 0 saturated heterocycles. The number of aromatic nitrogens is 1. The summed E-state index contributed by atoms with van der Waals surface area (Å²) in [5.74, 6) is -0.431. The molecular weight excluding hydrogens is 395 g/mol. The van der Waals surface area contributed by atoms with Gasteiger partial charge in [0.15, 0.2) is 5.78 Å². The Labute approximate surface area is 174 Å². The van der Waals surface area contributed by atoms with Gasteiger partial charge in [-0.05, 0) is 50.1 Å². The number of benzene rings is 2. The molecule has 0 fully saturated rings. The molecule has 6 heteroatoms. The van der Waals surface area contributed by atoms with Crippen LogP contribution in [0.4, 0.5) is 5.69 Å². The molecule has 0 atom stereocenters. The Morgan fingerprint density at radius 3 is 2.36 bits per heavy atom. The van der Waals surface area contributed by atoms with Gasteiger partial charge in [-0.15, -0.1) is 0 Å². The highest BCUT2D eigenvalue weighted by atomic mass is 35.5. The molecule has 0 aliphatic heterocycles. The van der Waals surface area contributed by atoms with E-state index in [2.05, 4.69) is 10.3 Å². The number of H-pyrrole nitrogens is 1. The van der Waals surface area contributed by atoms with Gasteiger partial charge in [-0.1, -0.05) is 42.6 Å². The number of nitrogens with one attached hydrogen (secondary N) is 2. The second-order valence-electron chi connectivity index (χ2n) is 6.86. The van der Waals surface area contributed by atoms with Crippen LogP contribution in [-0.2, 0) is 4.79 Å². The maximum atomic E-state index is 13.5. The molecular formula is C22H22Cl2N2O2. The largest absolute Gasteiger partial charge is 0.358 e. The lowest BCUT2D eigenvalue weighted by Crippen LogP contribution is -2.15. The molecule has 0 spiro atoms. The van der Waals surface area contributed by atoms with Crippen molar-refractivity contribution < 1.29 is 9.59 Å². The van der Waals surface area contributed by atoms with E-state index in [1.807, 2.05) is 26.8 Å². The van der Waals surface area contributed by atoms with Gasteiger partial charge in [0, 0.05) is 23.0 Å². The molecule has 28 heavy (non-hydrogen) atoms. The van der Waals surface area contributed by atoms with Crippen molar-refractivity contribution in [1.82, 2.24) is 4.98 Å². The molecule has 0 unspecified atom stereocenters. The number of fused-ring (bicyclic) bond motifs is 1. The van der Waals surface area contributed by atoms with Crippen molar-refractivity contribution in [2.75, 3.05) is 5.32 Å². The van der Waals surface area contributed by atoms with Crippen LogP contribution in [0, 0.1) is 13.8 Å². The first-order valence-corrected chi connectivity index (χ1v) is 10.0. The summed E-state index contributed by atoms with van der Waals surface area (Å²) in [6.45, 7) is 5.92. The van der Waals surface area contributed by atoms with Crippen LogP contribution in [0.15, 0.2) is 30.3 Å². The fourth-order valence-electron chi connectivity index (χ4n) is 3.31. The van der Waals surface area contributed by atoms with Gasteiger partial charge in [0.25, 0.3) is 0 Å². The topological polar surface area (TPSA) is 62.0 Å². The van der Waals surface area contributed by atoms with E-state index in [-0.39, 0.29) is 27.3 Å². The summed E-state index contributed by atoms with van der Waals surface area (Å²) in [7, 11) is 0. The molecule has 3 aromatic rings. The molecule has 0 bridgehead atoms. The number of aryl methyl sites for hydroxylation is 2. The van der Waals surface area contributed by atoms with E-state index in [1.54, 1.807) is 24.3 Å². The Morgan fingerprint density at radius 2 is 1.71 bits per heavy atom. The molecule has 1 amide bonds. The minimum atomic E-state index is -0.311. The summed E-state index contributed by atoms with van der Waals surface area (Å²) >= 11 is 12.6. The van der Waals surface area contributed by atoms with Crippen molar-refractivity contribution >= 4 is 51.5 Å². The smallest absolute Gasteiger partial charge is 0.224 e. The van der Waals surface area contributed by atoms with Crippen LogP contribution in [0.25, 0.3) is 10.9 Å². The van der Waals surface area contributed by atoms with Crippen molar-refractivity contribution in [3.63, 3.8) is 0 Å². The number of anilines is 1. The Kier molecular flexibility index (Phi) is 6.11. The van der Waals surface area contributed by atoms with E-state index in [0.717, 1.165) is 35.0 Å². The van der Waals surface area contributed by atoms with Gasteiger partial charge < -0.3 is 10.3 Å². The van der Waals surface area contributed by atoms with Crippen molar-refractivity contribution in [2.24, 2.45) is 0 Å². The number of ketones is 1. The number of carbonyl (C=O) groups excluding carboxylic acids is 2. The highest BCUT2D eigenvalue weighted by molar-refractivity contribution is 6.42. The first kappa shape index (κ1) is 20.4. The summed E-state index contributed by atoms with van der Waals surface area (Å²) in [5.41, 5.74) is 3.85. The van der Waals surface area contributed by atoms with Gasteiger partial charge in [-0.25, -0.2) is 0 Å². The molecule has 0 saturated carbocycles.